The second kappa shape index (κ2) is 10.6. The van der Waals surface area contributed by atoms with Crippen LogP contribution in [0.2, 0.25) is 0 Å². The summed E-state index contributed by atoms with van der Waals surface area (Å²) in [5.74, 6) is 1.39. The third-order valence-corrected chi connectivity index (χ3v) is 3.91. The topological polar surface area (TPSA) is 73.8 Å². The molecular weight excluding hydrogens is 389 g/mol. The fraction of sp³-hybridized carbons (Fsp3) is 0.188. The van der Waals surface area contributed by atoms with Gasteiger partial charge >= 0.3 is 13.2 Å². The van der Waals surface area contributed by atoms with Crippen LogP contribution in [0.25, 0.3) is 0 Å². The van der Waals surface area contributed by atoms with Crippen LogP contribution < -0.4 is 4.74 Å². The molecule has 146 valence electrons. The first-order chi connectivity index (χ1) is 12.5. The zero-order chi connectivity index (χ0) is 20.4. The molecule has 0 bridgehead atoms. The summed E-state index contributed by atoms with van der Waals surface area (Å²) in [6.07, 6.45) is 0.838. The molecule has 0 fully saturated rings. The lowest BCUT2D eigenvalue weighted by Crippen LogP contribution is -2.02. The summed E-state index contributed by atoms with van der Waals surface area (Å²) in [5, 5.41) is 10.6. The lowest BCUT2D eigenvalue weighted by molar-refractivity contribution is -0.384. The van der Waals surface area contributed by atoms with Crippen molar-refractivity contribution in [3.8, 4) is 5.75 Å². The zero-order valence-electron chi connectivity index (χ0n) is 14.1. The van der Waals surface area contributed by atoms with Crippen molar-refractivity contribution in [1.82, 2.24) is 0 Å². The number of benzene rings is 2. The first-order valence-corrected chi connectivity index (χ1v) is 8.57. The molecule has 0 saturated heterocycles. The molecule has 0 amide bonds. The Hall–Kier alpha value is -2.56. The number of hydrogen-bond acceptors (Lipinski definition) is 4. The number of thioether (sulfide) groups is 1. The third kappa shape index (κ3) is 10.9. The number of aryl methyl sites for hydroxylation is 1. The van der Waals surface area contributed by atoms with E-state index < -0.39 is 12.2 Å². The molecule has 0 radical (unpaired) electrons. The van der Waals surface area contributed by atoms with Crippen LogP contribution in [0.5, 0.6) is 5.75 Å². The van der Waals surface area contributed by atoms with Crippen molar-refractivity contribution in [2.24, 2.45) is 0 Å². The van der Waals surface area contributed by atoms with Crippen molar-refractivity contribution in [1.29, 1.82) is 0 Å². The van der Waals surface area contributed by atoms with E-state index in [0.717, 1.165) is 22.6 Å². The number of nitro groups is 1. The number of nitro benzene ring substituents is 1. The summed E-state index contributed by atoms with van der Waals surface area (Å²) >= 11 is 1.69. The largest absolute Gasteiger partial charge is 0.673 e. The standard InChI is InChI=1S/C16H15NO4S.BF4/c1-12(18)21-15-6-8-16(9-7-15)22-11-10-13-2-4-14(5-3-13)17(19)20;2-1(3,4)5/h2-9H,10-11H2,1H3;/q;-1/p+1. The van der Waals surface area contributed by atoms with E-state index in [9.17, 15) is 27.4 Å². The highest BCUT2D eigenvalue weighted by Crippen LogP contribution is 2.23. The van der Waals surface area contributed by atoms with Crippen molar-refractivity contribution in [2.75, 3.05) is 5.75 Å². The maximum absolute atomic E-state index is 10.6. The normalized spacial score (nSPS) is 10.6. The van der Waals surface area contributed by atoms with Gasteiger partial charge in [0.15, 0.2) is 0 Å². The monoisotopic (exact) mass is 405 g/mol. The van der Waals surface area contributed by atoms with Gasteiger partial charge in [0.05, 0.1) is 11.8 Å². The van der Waals surface area contributed by atoms with E-state index in [1.54, 1.807) is 36.0 Å². The summed E-state index contributed by atoms with van der Waals surface area (Å²) < 4.78 is 44.1. The molecule has 2 aromatic rings. The molecule has 0 spiro atoms. The van der Waals surface area contributed by atoms with Crippen molar-refractivity contribution < 1.29 is 31.7 Å². The maximum atomic E-state index is 10.6. The fourth-order valence-corrected chi connectivity index (χ4v) is 2.75. The molecule has 0 saturated carbocycles. The molecule has 1 N–H and O–H groups in total. The number of hydrogen-bond donors (Lipinski definition) is 0. The van der Waals surface area contributed by atoms with Gasteiger partial charge < -0.3 is 22.1 Å². The highest BCUT2D eigenvalue weighted by Gasteiger charge is 2.20. The van der Waals surface area contributed by atoms with Crippen LogP contribution in [0.4, 0.5) is 23.0 Å². The first kappa shape index (κ1) is 22.5. The van der Waals surface area contributed by atoms with Gasteiger partial charge in [-0.2, -0.15) is 0 Å². The average Bonchev–Trinajstić information content (AvgIpc) is 2.55. The number of esters is 1. The molecular formula is C16H16BF4NO4S. The minimum Gasteiger partial charge on any atom is -0.418 e. The summed E-state index contributed by atoms with van der Waals surface area (Å²) in [6, 6.07) is 14.1. The van der Waals surface area contributed by atoms with Gasteiger partial charge in [-0.1, -0.05) is 12.1 Å². The third-order valence-electron chi connectivity index (χ3n) is 2.90. The quantitative estimate of drug-likeness (QED) is 0.0976. The Morgan fingerprint density at radius 1 is 1.11 bits per heavy atom. The van der Waals surface area contributed by atoms with Crippen molar-refractivity contribution in [2.45, 2.75) is 18.2 Å². The first-order valence-electron chi connectivity index (χ1n) is 7.58. The molecule has 2 aromatic carbocycles. The molecule has 0 aromatic heterocycles. The molecule has 0 atom stereocenters. The average molecular weight is 405 g/mol. The highest BCUT2D eigenvalue weighted by atomic mass is 32.2. The van der Waals surface area contributed by atoms with Crippen LogP contribution in [0.1, 0.15) is 12.5 Å². The van der Waals surface area contributed by atoms with Crippen LogP contribution in [0.15, 0.2) is 53.4 Å². The molecule has 0 aliphatic heterocycles. The number of non-ortho nitro benzene ring substituents is 1. The predicted molar refractivity (Wildman–Crippen MR) is 97.4 cm³/mol. The predicted octanol–water partition coefficient (Wildman–Crippen LogP) is 5.13. The summed E-state index contributed by atoms with van der Waals surface area (Å²) in [7, 11) is -6.00. The minimum atomic E-state index is -6.00. The zero-order valence-corrected chi connectivity index (χ0v) is 15.0. The Bertz CT molecular complexity index is 749. The second-order valence-electron chi connectivity index (χ2n) is 5.11. The fourth-order valence-electron chi connectivity index (χ4n) is 1.85. The molecule has 11 heteroatoms. The molecule has 0 unspecified atom stereocenters. The van der Waals surface area contributed by atoms with Gasteiger partial charge in [-0.15, -0.1) is 11.8 Å². The van der Waals surface area contributed by atoms with Crippen LogP contribution in [0.3, 0.4) is 0 Å². The Balaban J connectivity index is 0.000000646. The smallest absolute Gasteiger partial charge is 0.418 e. The Morgan fingerprint density at radius 2 is 1.63 bits per heavy atom. The van der Waals surface area contributed by atoms with E-state index in [1.807, 2.05) is 12.1 Å². The minimum absolute atomic E-state index is 0.0847. The molecule has 0 aliphatic carbocycles. The number of carbonyl (C=O) groups excluding carboxylic acids is 1. The summed E-state index contributed by atoms with van der Waals surface area (Å²) in [5.41, 5.74) is 1.19. The van der Waals surface area contributed by atoms with E-state index in [4.69, 9.17) is 9.53 Å². The lowest BCUT2D eigenvalue weighted by atomic mass is 10.1. The maximum Gasteiger partial charge on any atom is 0.673 e. The number of ether oxygens (including phenoxy) is 1. The Morgan fingerprint density at radius 3 is 2.07 bits per heavy atom. The van der Waals surface area contributed by atoms with Gasteiger partial charge in [0.25, 0.3) is 5.69 Å². The molecule has 2 rings (SSSR count). The van der Waals surface area contributed by atoms with Crippen molar-refractivity contribution in [3.63, 3.8) is 0 Å². The van der Waals surface area contributed by atoms with Crippen LogP contribution in [-0.4, -0.2) is 28.7 Å². The van der Waals surface area contributed by atoms with E-state index in [1.165, 1.54) is 19.1 Å². The van der Waals surface area contributed by atoms with Crippen LogP contribution >= 0.6 is 11.8 Å². The highest BCUT2D eigenvalue weighted by molar-refractivity contribution is 7.99. The van der Waals surface area contributed by atoms with Crippen molar-refractivity contribution in [3.05, 3.63) is 64.2 Å². The van der Waals surface area contributed by atoms with Crippen LogP contribution in [0, 0.1) is 10.1 Å². The van der Waals surface area contributed by atoms with E-state index >= 15 is 0 Å². The molecule has 27 heavy (non-hydrogen) atoms. The van der Waals surface area contributed by atoms with Gasteiger partial charge in [-0.3, -0.25) is 14.9 Å². The van der Waals surface area contributed by atoms with Gasteiger partial charge in [-0.25, -0.2) is 0 Å². The van der Waals surface area contributed by atoms with Gasteiger partial charge in [0, 0.05) is 34.9 Å². The van der Waals surface area contributed by atoms with Gasteiger partial charge in [0.2, 0.25) is 5.75 Å². The molecule has 0 heterocycles. The van der Waals surface area contributed by atoms with E-state index in [2.05, 4.69) is 0 Å². The van der Waals surface area contributed by atoms with Gasteiger partial charge in [0.1, 0.15) is 0 Å². The van der Waals surface area contributed by atoms with Crippen LogP contribution in [-0.2, 0) is 6.42 Å². The Kier molecular flexibility index (Phi) is 8.79. The lowest BCUT2D eigenvalue weighted by Gasteiger charge is -2.02. The summed E-state index contributed by atoms with van der Waals surface area (Å²) in [4.78, 5) is 20.3. The number of nitrogens with zero attached hydrogens (tertiary/aromatic N) is 1. The molecule has 0 aliphatic rings. The number of rotatable bonds is 6. The number of halogens is 4. The summed E-state index contributed by atoms with van der Waals surface area (Å²) in [6.45, 7) is 1.48. The van der Waals surface area contributed by atoms with Crippen molar-refractivity contribution >= 4 is 30.7 Å². The SMILES string of the molecule is CC(=[OH+])Oc1ccc(SCCc2ccc([N+](=O)[O-])cc2)cc1.F[B-](F)(F)F. The van der Waals surface area contributed by atoms with E-state index in [-0.39, 0.29) is 11.7 Å². The van der Waals surface area contributed by atoms with Gasteiger partial charge in [-0.05, 0) is 24.1 Å². The second-order valence-corrected chi connectivity index (χ2v) is 6.28. The Labute approximate surface area is 157 Å². The van der Waals surface area contributed by atoms with E-state index in [0.29, 0.717) is 5.75 Å². The molecule has 5 nitrogen and oxygen atoms in total.